The van der Waals surface area contributed by atoms with E-state index in [9.17, 15) is 19.2 Å². The summed E-state index contributed by atoms with van der Waals surface area (Å²) in [5, 5.41) is 20.1. The smallest absolute Gasteiger partial charge is 0.305 e. The van der Waals surface area contributed by atoms with Crippen LogP contribution in [0.2, 0.25) is 0 Å². The molecule has 1 saturated carbocycles. The summed E-state index contributed by atoms with van der Waals surface area (Å²) in [7, 11) is 0. The molecule has 5 N–H and O–H groups in total. The minimum absolute atomic E-state index is 0.0178. The fourth-order valence-corrected chi connectivity index (χ4v) is 4.96. The molecule has 2 fully saturated rings. The Morgan fingerprint density at radius 1 is 1.09 bits per heavy atom. The lowest BCUT2D eigenvalue weighted by atomic mass is 10.1. The molecule has 1 aromatic rings. The molecule has 11 nitrogen and oxygen atoms in total. The summed E-state index contributed by atoms with van der Waals surface area (Å²) in [6.07, 6.45) is 2.17. The van der Waals surface area contributed by atoms with E-state index in [1.54, 1.807) is 24.3 Å². The third-order valence-corrected chi connectivity index (χ3v) is 7.00. The maximum atomic E-state index is 12.9. The van der Waals surface area contributed by atoms with Crippen LogP contribution in [0.5, 0.6) is 0 Å². The standard InChI is InChI=1S/C23H29N5O6S/c1-13-19(22(34)26-12-10-18(31)32)35-23(28(13)16-8-9-16)27-21(33)15-6-4-14(5-7-15)20(24)25-11-2-3-17(29)30/h4-7,13,16,19H,2-3,8-12H2,1H3,(H2,24,25)(H,26,34)(H,29,30)(H,31,32). The van der Waals surface area contributed by atoms with Crippen LogP contribution < -0.4 is 11.1 Å². The van der Waals surface area contributed by atoms with E-state index >= 15 is 0 Å². The number of carboxylic acids is 2. The number of carboxylic acid groups (broad SMARTS) is 2. The van der Waals surface area contributed by atoms with Crippen molar-refractivity contribution < 1.29 is 29.4 Å². The Kier molecular flexibility index (Phi) is 8.85. The van der Waals surface area contributed by atoms with E-state index in [-0.39, 0.29) is 43.2 Å². The Hall–Kier alpha value is -3.41. The highest BCUT2D eigenvalue weighted by atomic mass is 32.2. The Labute approximate surface area is 206 Å². The number of carbonyl (C=O) groups excluding carboxylic acids is 2. The van der Waals surface area contributed by atoms with Gasteiger partial charge in [0.05, 0.1) is 6.42 Å². The minimum Gasteiger partial charge on any atom is -0.481 e. The van der Waals surface area contributed by atoms with E-state index < -0.39 is 23.1 Å². The topological polar surface area (TPSA) is 175 Å². The fourth-order valence-electron chi connectivity index (χ4n) is 3.64. The van der Waals surface area contributed by atoms with Gasteiger partial charge in [-0.15, -0.1) is 0 Å². The van der Waals surface area contributed by atoms with E-state index in [4.69, 9.17) is 15.9 Å². The average molecular weight is 504 g/mol. The first kappa shape index (κ1) is 26.2. The number of amides is 2. The predicted molar refractivity (Wildman–Crippen MR) is 132 cm³/mol. The van der Waals surface area contributed by atoms with Gasteiger partial charge in [0, 0.05) is 42.7 Å². The lowest BCUT2D eigenvalue weighted by molar-refractivity contribution is -0.138. The van der Waals surface area contributed by atoms with Crippen molar-refractivity contribution in [2.24, 2.45) is 15.7 Å². The van der Waals surface area contributed by atoms with E-state index in [0.717, 1.165) is 12.8 Å². The molecule has 35 heavy (non-hydrogen) atoms. The van der Waals surface area contributed by atoms with Crippen LogP contribution in [0.15, 0.2) is 34.3 Å². The summed E-state index contributed by atoms with van der Waals surface area (Å²) in [5.41, 5.74) is 6.92. The summed E-state index contributed by atoms with van der Waals surface area (Å²) >= 11 is 1.22. The first-order chi connectivity index (χ1) is 16.7. The quantitative estimate of drug-likeness (QED) is 0.197. The first-order valence-electron chi connectivity index (χ1n) is 11.4. The van der Waals surface area contributed by atoms with E-state index in [2.05, 4.69) is 15.3 Å². The van der Waals surface area contributed by atoms with E-state index in [1.165, 1.54) is 11.8 Å². The summed E-state index contributed by atoms with van der Waals surface area (Å²) in [6.45, 7) is 2.25. The molecule has 2 amide bonds. The fraction of sp³-hybridized carbons (Fsp3) is 0.478. The molecule has 12 heteroatoms. The molecular weight excluding hydrogens is 474 g/mol. The van der Waals surface area contributed by atoms with Gasteiger partial charge in [0.25, 0.3) is 5.91 Å². The van der Waals surface area contributed by atoms with Crippen LogP contribution in [0.4, 0.5) is 0 Å². The number of aliphatic imine (C=N–C) groups is 2. The monoisotopic (exact) mass is 503 g/mol. The lowest BCUT2D eigenvalue weighted by Crippen LogP contribution is -2.43. The molecule has 1 aliphatic carbocycles. The highest BCUT2D eigenvalue weighted by Gasteiger charge is 2.46. The second-order valence-corrected chi connectivity index (χ2v) is 9.50. The van der Waals surface area contributed by atoms with Crippen LogP contribution in [0, 0.1) is 0 Å². The number of carbonyl (C=O) groups is 4. The van der Waals surface area contributed by atoms with Crippen molar-refractivity contribution in [3.63, 3.8) is 0 Å². The molecule has 0 radical (unpaired) electrons. The summed E-state index contributed by atoms with van der Waals surface area (Å²) in [6, 6.07) is 6.57. The van der Waals surface area contributed by atoms with E-state index in [1.807, 2.05) is 11.8 Å². The Morgan fingerprint density at radius 2 is 1.71 bits per heavy atom. The lowest BCUT2D eigenvalue weighted by Gasteiger charge is -2.24. The molecule has 2 unspecified atom stereocenters. The number of rotatable bonds is 11. The number of aliphatic carboxylic acids is 2. The van der Waals surface area contributed by atoms with Crippen molar-refractivity contribution in [2.75, 3.05) is 13.1 Å². The zero-order valence-corrected chi connectivity index (χ0v) is 20.2. The Balaban J connectivity index is 1.66. The number of hydrogen-bond donors (Lipinski definition) is 4. The molecule has 0 spiro atoms. The zero-order valence-electron chi connectivity index (χ0n) is 19.3. The normalized spacial score (nSPS) is 21.2. The van der Waals surface area contributed by atoms with Gasteiger partial charge < -0.3 is 26.2 Å². The molecule has 1 aliphatic heterocycles. The molecule has 1 heterocycles. The van der Waals surface area contributed by atoms with Gasteiger partial charge in [-0.25, -0.2) is 0 Å². The highest BCUT2D eigenvalue weighted by Crippen LogP contribution is 2.40. The maximum absolute atomic E-state index is 12.9. The highest BCUT2D eigenvalue weighted by molar-refractivity contribution is 8.15. The van der Waals surface area contributed by atoms with Crippen molar-refractivity contribution in [1.29, 1.82) is 0 Å². The van der Waals surface area contributed by atoms with Gasteiger partial charge in [-0.1, -0.05) is 23.9 Å². The van der Waals surface area contributed by atoms with E-state index in [0.29, 0.717) is 29.3 Å². The van der Waals surface area contributed by atoms with Crippen molar-refractivity contribution >= 4 is 46.5 Å². The Morgan fingerprint density at radius 3 is 2.31 bits per heavy atom. The van der Waals surface area contributed by atoms with Gasteiger partial charge >= 0.3 is 11.9 Å². The summed E-state index contributed by atoms with van der Waals surface area (Å²) in [5.74, 6) is -2.32. The van der Waals surface area contributed by atoms with Crippen LogP contribution in [-0.2, 0) is 14.4 Å². The van der Waals surface area contributed by atoms with Crippen LogP contribution in [0.25, 0.3) is 0 Å². The molecule has 1 saturated heterocycles. The van der Waals surface area contributed by atoms with Crippen molar-refractivity contribution in [3.8, 4) is 0 Å². The minimum atomic E-state index is -0.984. The van der Waals surface area contributed by atoms with Crippen LogP contribution >= 0.6 is 11.8 Å². The zero-order chi connectivity index (χ0) is 25.5. The Bertz CT molecular complexity index is 1040. The molecule has 2 atom stereocenters. The van der Waals surface area contributed by atoms with Gasteiger partial charge in [-0.3, -0.25) is 24.2 Å². The van der Waals surface area contributed by atoms with Crippen molar-refractivity contribution in [2.45, 2.75) is 56.4 Å². The van der Waals surface area contributed by atoms with Gasteiger partial charge in [-0.05, 0) is 38.3 Å². The second-order valence-electron chi connectivity index (χ2n) is 8.39. The first-order valence-corrected chi connectivity index (χ1v) is 12.2. The van der Waals surface area contributed by atoms with Crippen LogP contribution in [0.1, 0.15) is 54.9 Å². The van der Waals surface area contributed by atoms with Gasteiger partial charge in [0.2, 0.25) is 5.91 Å². The number of benzene rings is 1. The largest absolute Gasteiger partial charge is 0.481 e. The van der Waals surface area contributed by atoms with Crippen molar-refractivity contribution in [3.05, 3.63) is 35.4 Å². The number of amidine groups is 2. The molecular formula is C23H29N5O6S. The number of nitrogens with one attached hydrogen (secondary N) is 1. The van der Waals surface area contributed by atoms with Gasteiger partial charge in [-0.2, -0.15) is 4.99 Å². The number of hydrogen-bond acceptors (Lipinski definition) is 6. The number of thioether (sulfide) groups is 1. The molecule has 2 aliphatic rings. The number of nitrogens with zero attached hydrogens (tertiary/aromatic N) is 3. The second kappa shape index (κ2) is 11.8. The summed E-state index contributed by atoms with van der Waals surface area (Å²) < 4.78 is 0. The molecule has 0 bridgehead atoms. The van der Waals surface area contributed by atoms with Crippen LogP contribution in [0.3, 0.4) is 0 Å². The predicted octanol–water partition coefficient (Wildman–Crippen LogP) is 1.31. The summed E-state index contributed by atoms with van der Waals surface area (Å²) in [4.78, 5) is 57.2. The molecule has 1 aromatic carbocycles. The third-order valence-electron chi connectivity index (χ3n) is 5.62. The molecule has 3 rings (SSSR count). The number of nitrogens with two attached hydrogens (primary N) is 1. The average Bonchev–Trinajstić information content (AvgIpc) is 3.59. The van der Waals surface area contributed by atoms with Gasteiger partial charge in [0.15, 0.2) is 5.17 Å². The van der Waals surface area contributed by atoms with Crippen molar-refractivity contribution in [1.82, 2.24) is 10.2 Å². The molecule has 188 valence electrons. The third kappa shape index (κ3) is 7.28. The molecule has 0 aromatic heterocycles. The maximum Gasteiger partial charge on any atom is 0.305 e. The SMILES string of the molecule is CC1C(C(=O)NCCC(=O)O)SC(=NC(=O)c2ccc(C(N)=NCCCC(=O)O)cc2)N1C1CC1. The van der Waals surface area contributed by atoms with Crippen LogP contribution in [-0.4, -0.2) is 80.3 Å². The van der Waals surface area contributed by atoms with Gasteiger partial charge in [0.1, 0.15) is 11.1 Å².